The van der Waals surface area contributed by atoms with E-state index in [2.05, 4.69) is 35.8 Å². The van der Waals surface area contributed by atoms with Crippen LogP contribution < -0.4 is 5.32 Å². The molecule has 0 aliphatic heterocycles. The van der Waals surface area contributed by atoms with Crippen molar-refractivity contribution in [1.29, 1.82) is 0 Å². The van der Waals surface area contributed by atoms with Gasteiger partial charge in [-0.1, -0.05) is 12.8 Å². The van der Waals surface area contributed by atoms with Crippen LogP contribution in [0, 0.1) is 0 Å². The van der Waals surface area contributed by atoms with E-state index in [-0.39, 0.29) is 12.1 Å². The number of anilines is 1. The van der Waals surface area contributed by atoms with Gasteiger partial charge in [0.2, 0.25) is 0 Å². The van der Waals surface area contributed by atoms with Crippen molar-refractivity contribution in [3.63, 3.8) is 0 Å². The van der Waals surface area contributed by atoms with Crippen molar-refractivity contribution in [2.75, 3.05) is 11.6 Å². The molecular formula is C13H19NOS. The molecule has 1 aliphatic rings. The maximum atomic E-state index is 9.86. The van der Waals surface area contributed by atoms with Crippen molar-refractivity contribution in [3.05, 3.63) is 24.3 Å². The van der Waals surface area contributed by atoms with Crippen LogP contribution in [0.4, 0.5) is 5.69 Å². The van der Waals surface area contributed by atoms with Gasteiger partial charge in [0.05, 0.1) is 12.1 Å². The standard InChI is InChI=1S/C13H19NOS/c1-16-11-8-6-10(7-9-11)14-12-4-2-3-5-13(12)15/h6-9,12-15H,2-5H2,1H3/t12-,13-/m0/s1. The number of thioether (sulfide) groups is 1. The normalized spacial score (nSPS) is 25.4. The molecule has 2 rings (SSSR count). The summed E-state index contributed by atoms with van der Waals surface area (Å²) in [7, 11) is 0. The molecule has 2 atom stereocenters. The van der Waals surface area contributed by atoms with E-state index in [4.69, 9.17) is 0 Å². The zero-order chi connectivity index (χ0) is 11.4. The van der Waals surface area contributed by atoms with Gasteiger partial charge >= 0.3 is 0 Å². The lowest BCUT2D eigenvalue weighted by molar-refractivity contribution is 0.116. The van der Waals surface area contributed by atoms with Crippen LogP contribution >= 0.6 is 11.8 Å². The van der Waals surface area contributed by atoms with Gasteiger partial charge in [-0.05, 0) is 43.4 Å². The van der Waals surface area contributed by atoms with Crippen molar-refractivity contribution < 1.29 is 5.11 Å². The first-order valence-electron chi connectivity index (χ1n) is 5.88. The molecule has 2 nitrogen and oxygen atoms in total. The van der Waals surface area contributed by atoms with Gasteiger partial charge < -0.3 is 10.4 Å². The van der Waals surface area contributed by atoms with Gasteiger partial charge in [-0.25, -0.2) is 0 Å². The van der Waals surface area contributed by atoms with Crippen LogP contribution in [0.1, 0.15) is 25.7 Å². The molecule has 0 aromatic heterocycles. The van der Waals surface area contributed by atoms with Crippen LogP contribution in [0.25, 0.3) is 0 Å². The van der Waals surface area contributed by atoms with E-state index in [9.17, 15) is 5.11 Å². The van der Waals surface area contributed by atoms with Gasteiger partial charge in [0, 0.05) is 10.6 Å². The lowest BCUT2D eigenvalue weighted by Crippen LogP contribution is -2.36. The first kappa shape index (κ1) is 11.8. The Kier molecular flexibility index (Phi) is 4.13. The topological polar surface area (TPSA) is 32.3 Å². The Bertz CT molecular complexity index is 325. The molecule has 3 heteroatoms. The summed E-state index contributed by atoms with van der Waals surface area (Å²) in [6.07, 6.45) is 6.27. The number of nitrogens with one attached hydrogen (secondary N) is 1. The SMILES string of the molecule is CSc1ccc(N[C@H]2CCCC[C@@H]2O)cc1. The largest absolute Gasteiger partial charge is 0.391 e. The van der Waals surface area contributed by atoms with Crippen LogP contribution in [0.15, 0.2) is 29.2 Å². The van der Waals surface area contributed by atoms with Gasteiger partial charge in [0.1, 0.15) is 0 Å². The average Bonchev–Trinajstić information content (AvgIpc) is 2.33. The van der Waals surface area contributed by atoms with Gasteiger partial charge in [0.25, 0.3) is 0 Å². The summed E-state index contributed by atoms with van der Waals surface area (Å²) in [4.78, 5) is 1.27. The maximum Gasteiger partial charge on any atom is 0.0741 e. The Labute approximate surface area is 101 Å². The Morgan fingerprint density at radius 3 is 2.50 bits per heavy atom. The molecule has 1 aliphatic carbocycles. The Hall–Kier alpha value is -0.670. The highest BCUT2D eigenvalue weighted by Crippen LogP contribution is 2.23. The van der Waals surface area contributed by atoms with E-state index in [1.54, 1.807) is 11.8 Å². The van der Waals surface area contributed by atoms with Gasteiger partial charge in [-0.15, -0.1) is 11.8 Å². The van der Waals surface area contributed by atoms with Crippen LogP contribution in [0.5, 0.6) is 0 Å². The quantitative estimate of drug-likeness (QED) is 0.792. The number of aliphatic hydroxyl groups is 1. The lowest BCUT2D eigenvalue weighted by atomic mass is 9.92. The van der Waals surface area contributed by atoms with Crippen LogP contribution in [0.2, 0.25) is 0 Å². The Balaban J connectivity index is 1.96. The molecule has 0 heterocycles. The molecule has 0 radical (unpaired) electrons. The number of benzene rings is 1. The molecule has 0 amide bonds. The van der Waals surface area contributed by atoms with Gasteiger partial charge in [-0.2, -0.15) is 0 Å². The molecule has 16 heavy (non-hydrogen) atoms. The van der Waals surface area contributed by atoms with E-state index in [1.807, 2.05) is 0 Å². The highest BCUT2D eigenvalue weighted by atomic mass is 32.2. The summed E-state index contributed by atoms with van der Waals surface area (Å²) in [6.45, 7) is 0. The summed E-state index contributed by atoms with van der Waals surface area (Å²) < 4.78 is 0. The fraction of sp³-hybridized carbons (Fsp3) is 0.538. The highest BCUT2D eigenvalue weighted by molar-refractivity contribution is 7.98. The molecule has 0 unspecified atom stereocenters. The molecule has 2 N–H and O–H groups in total. The molecule has 1 fully saturated rings. The third-order valence-corrected chi connectivity index (χ3v) is 3.92. The van der Waals surface area contributed by atoms with E-state index in [1.165, 1.54) is 11.3 Å². The molecule has 0 bridgehead atoms. The first-order chi connectivity index (χ1) is 7.79. The van der Waals surface area contributed by atoms with Crippen molar-refractivity contribution in [3.8, 4) is 0 Å². The lowest BCUT2D eigenvalue weighted by Gasteiger charge is -2.29. The van der Waals surface area contributed by atoms with Gasteiger partial charge in [-0.3, -0.25) is 0 Å². The molecule has 1 aromatic carbocycles. The second kappa shape index (κ2) is 5.60. The molecular weight excluding hydrogens is 218 g/mol. The second-order valence-corrected chi connectivity index (χ2v) is 5.21. The number of hydrogen-bond acceptors (Lipinski definition) is 3. The number of hydrogen-bond donors (Lipinski definition) is 2. The zero-order valence-corrected chi connectivity index (χ0v) is 10.5. The van der Waals surface area contributed by atoms with E-state index >= 15 is 0 Å². The predicted molar refractivity (Wildman–Crippen MR) is 70.1 cm³/mol. The van der Waals surface area contributed by atoms with Crippen molar-refractivity contribution in [1.82, 2.24) is 0 Å². The van der Waals surface area contributed by atoms with Crippen LogP contribution in [0.3, 0.4) is 0 Å². The predicted octanol–water partition coefficient (Wildman–Crippen LogP) is 3.12. The summed E-state index contributed by atoms with van der Waals surface area (Å²) in [5.41, 5.74) is 1.11. The summed E-state index contributed by atoms with van der Waals surface area (Å²) in [5.74, 6) is 0. The fourth-order valence-electron chi connectivity index (χ4n) is 2.18. The minimum Gasteiger partial charge on any atom is -0.391 e. The highest BCUT2D eigenvalue weighted by Gasteiger charge is 2.22. The molecule has 0 spiro atoms. The summed E-state index contributed by atoms with van der Waals surface area (Å²) >= 11 is 1.75. The van der Waals surface area contributed by atoms with Crippen LogP contribution in [-0.2, 0) is 0 Å². The minimum atomic E-state index is -0.186. The summed E-state index contributed by atoms with van der Waals surface area (Å²) in [6, 6.07) is 8.64. The second-order valence-electron chi connectivity index (χ2n) is 4.33. The number of aliphatic hydroxyl groups excluding tert-OH is 1. The monoisotopic (exact) mass is 237 g/mol. The average molecular weight is 237 g/mol. The maximum absolute atomic E-state index is 9.86. The molecule has 88 valence electrons. The fourth-order valence-corrected chi connectivity index (χ4v) is 2.59. The minimum absolute atomic E-state index is 0.186. The van der Waals surface area contributed by atoms with Crippen molar-refractivity contribution in [2.24, 2.45) is 0 Å². The zero-order valence-electron chi connectivity index (χ0n) is 9.65. The third-order valence-electron chi connectivity index (χ3n) is 3.17. The molecule has 1 saturated carbocycles. The summed E-state index contributed by atoms with van der Waals surface area (Å²) in [5, 5.41) is 13.3. The third kappa shape index (κ3) is 2.92. The van der Waals surface area contributed by atoms with Crippen molar-refractivity contribution in [2.45, 2.75) is 42.7 Å². The van der Waals surface area contributed by atoms with E-state index in [0.29, 0.717) is 0 Å². The van der Waals surface area contributed by atoms with Gasteiger partial charge in [0.15, 0.2) is 0 Å². The Morgan fingerprint density at radius 1 is 1.19 bits per heavy atom. The van der Waals surface area contributed by atoms with E-state index < -0.39 is 0 Å². The Morgan fingerprint density at radius 2 is 1.88 bits per heavy atom. The first-order valence-corrected chi connectivity index (χ1v) is 7.11. The number of rotatable bonds is 3. The van der Waals surface area contributed by atoms with E-state index in [0.717, 1.165) is 24.9 Å². The van der Waals surface area contributed by atoms with Crippen LogP contribution in [-0.4, -0.2) is 23.5 Å². The van der Waals surface area contributed by atoms with Crippen molar-refractivity contribution >= 4 is 17.4 Å². The smallest absolute Gasteiger partial charge is 0.0741 e. The molecule has 1 aromatic rings. The molecule has 0 saturated heterocycles.